The molecule has 2 rings (SSSR count). The molecule has 4 nitrogen and oxygen atoms in total. The van der Waals surface area contributed by atoms with Crippen molar-refractivity contribution in [1.29, 1.82) is 0 Å². The summed E-state index contributed by atoms with van der Waals surface area (Å²) >= 11 is 0. The van der Waals surface area contributed by atoms with Crippen molar-refractivity contribution in [3.8, 4) is 0 Å². The van der Waals surface area contributed by atoms with E-state index in [1.165, 1.54) is 12.3 Å². The fourth-order valence-corrected chi connectivity index (χ4v) is 1.49. The summed E-state index contributed by atoms with van der Waals surface area (Å²) in [5.41, 5.74) is 6.31. The van der Waals surface area contributed by atoms with Gasteiger partial charge in [0.1, 0.15) is 0 Å². The first-order chi connectivity index (χ1) is 7.41. The zero-order chi connectivity index (χ0) is 11.9. The number of rotatable bonds is 1. The highest BCUT2D eigenvalue weighted by Gasteiger charge is 2.37. The number of hydrogen-bond acceptors (Lipinski definition) is 3. The molecule has 1 unspecified atom stereocenters. The summed E-state index contributed by atoms with van der Waals surface area (Å²) in [5.74, 6) is -1.04. The second kappa shape index (κ2) is 3.44. The van der Waals surface area contributed by atoms with Crippen LogP contribution in [0.4, 0.5) is 13.2 Å². The Hall–Kier alpha value is -1.63. The van der Waals surface area contributed by atoms with Gasteiger partial charge in [0.05, 0.1) is 0 Å². The molecule has 16 heavy (non-hydrogen) atoms. The lowest BCUT2D eigenvalue weighted by molar-refractivity contribution is -0.145. The average molecular weight is 230 g/mol. The maximum Gasteiger partial charge on any atom is 0.452 e. The SMILES string of the molecule is CC(N)c1cccn2c(C(F)(F)F)nnc12. The van der Waals surface area contributed by atoms with Crippen molar-refractivity contribution in [2.24, 2.45) is 5.73 Å². The first kappa shape index (κ1) is 10.9. The molecular weight excluding hydrogens is 221 g/mol. The van der Waals surface area contributed by atoms with Crippen LogP contribution in [0.2, 0.25) is 0 Å². The van der Waals surface area contributed by atoms with Crippen LogP contribution in [0.1, 0.15) is 24.4 Å². The molecule has 2 heterocycles. The second-order valence-corrected chi connectivity index (χ2v) is 3.47. The molecule has 1 atom stereocenters. The Morgan fingerprint density at radius 1 is 1.38 bits per heavy atom. The Morgan fingerprint density at radius 3 is 2.62 bits per heavy atom. The number of alkyl halides is 3. The van der Waals surface area contributed by atoms with Crippen molar-refractivity contribution in [2.75, 3.05) is 0 Å². The normalized spacial score (nSPS) is 14.3. The van der Waals surface area contributed by atoms with E-state index in [-0.39, 0.29) is 5.65 Å². The van der Waals surface area contributed by atoms with Gasteiger partial charge in [-0.1, -0.05) is 6.07 Å². The van der Waals surface area contributed by atoms with Crippen LogP contribution >= 0.6 is 0 Å². The summed E-state index contributed by atoms with van der Waals surface area (Å²) in [5, 5.41) is 6.66. The van der Waals surface area contributed by atoms with E-state index in [1.54, 1.807) is 13.0 Å². The first-order valence-corrected chi connectivity index (χ1v) is 4.57. The van der Waals surface area contributed by atoms with Crippen LogP contribution in [0.15, 0.2) is 18.3 Å². The van der Waals surface area contributed by atoms with Gasteiger partial charge in [-0.25, -0.2) is 0 Å². The van der Waals surface area contributed by atoms with Crippen LogP contribution < -0.4 is 5.73 Å². The minimum absolute atomic E-state index is 0.143. The Bertz CT molecular complexity index is 515. The van der Waals surface area contributed by atoms with Crippen LogP contribution in [0, 0.1) is 0 Å². The average Bonchev–Trinajstić information content (AvgIpc) is 2.59. The van der Waals surface area contributed by atoms with E-state index < -0.39 is 18.0 Å². The van der Waals surface area contributed by atoms with Crippen LogP contribution in [-0.4, -0.2) is 14.6 Å². The smallest absolute Gasteiger partial charge is 0.324 e. The predicted octanol–water partition coefficient (Wildman–Crippen LogP) is 1.77. The van der Waals surface area contributed by atoms with Crippen molar-refractivity contribution < 1.29 is 13.2 Å². The first-order valence-electron chi connectivity index (χ1n) is 4.57. The highest BCUT2D eigenvalue weighted by Crippen LogP contribution is 2.29. The quantitative estimate of drug-likeness (QED) is 0.812. The van der Waals surface area contributed by atoms with E-state index >= 15 is 0 Å². The molecule has 2 aromatic heterocycles. The number of nitrogens with zero attached hydrogens (tertiary/aromatic N) is 3. The molecule has 0 saturated heterocycles. The summed E-state index contributed by atoms with van der Waals surface area (Å²) in [6, 6.07) is 2.73. The van der Waals surface area contributed by atoms with Gasteiger partial charge in [0.25, 0.3) is 0 Å². The molecule has 0 spiro atoms. The van der Waals surface area contributed by atoms with Crippen molar-refractivity contribution in [1.82, 2.24) is 14.6 Å². The van der Waals surface area contributed by atoms with E-state index in [1.807, 2.05) is 0 Å². The van der Waals surface area contributed by atoms with Crippen molar-refractivity contribution in [3.63, 3.8) is 0 Å². The number of fused-ring (bicyclic) bond motifs is 1. The Kier molecular flexibility index (Phi) is 2.34. The van der Waals surface area contributed by atoms with Crippen molar-refractivity contribution in [3.05, 3.63) is 29.7 Å². The third kappa shape index (κ3) is 1.63. The maximum absolute atomic E-state index is 12.5. The minimum atomic E-state index is -4.52. The van der Waals surface area contributed by atoms with E-state index in [0.717, 1.165) is 4.40 Å². The lowest BCUT2D eigenvalue weighted by Gasteiger charge is -2.08. The zero-order valence-electron chi connectivity index (χ0n) is 8.36. The molecule has 2 aromatic rings. The highest BCUT2D eigenvalue weighted by atomic mass is 19.4. The number of pyridine rings is 1. The number of hydrogen-bond donors (Lipinski definition) is 1. The summed E-state index contributed by atoms with van der Waals surface area (Å²) in [6.45, 7) is 1.68. The summed E-state index contributed by atoms with van der Waals surface area (Å²) < 4.78 is 38.5. The molecule has 0 amide bonds. The third-order valence-corrected chi connectivity index (χ3v) is 2.21. The Balaban J connectivity index is 2.71. The lowest BCUT2D eigenvalue weighted by atomic mass is 10.1. The van der Waals surface area contributed by atoms with Gasteiger partial charge in [0.15, 0.2) is 5.65 Å². The van der Waals surface area contributed by atoms with Crippen LogP contribution in [0.3, 0.4) is 0 Å². The van der Waals surface area contributed by atoms with E-state index in [0.29, 0.717) is 5.56 Å². The number of halogens is 3. The molecular formula is C9H9F3N4. The van der Waals surface area contributed by atoms with Gasteiger partial charge in [-0.15, -0.1) is 10.2 Å². The summed E-state index contributed by atoms with van der Waals surface area (Å²) in [4.78, 5) is 0. The van der Waals surface area contributed by atoms with Crippen molar-refractivity contribution in [2.45, 2.75) is 19.1 Å². The Labute approximate surface area is 88.9 Å². The molecule has 0 aliphatic heterocycles. The number of nitrogens with two attached hydrogens (primary N) is 1. The molecule has 0 aromatic carbocycles. The highest BCUT2D eigenvalue weighted by molar-refractivity contribution is 5.49. The zero-order valence-corrected chi connectivity index (χ0v) is 8.36. The molecule has 0 aliphatic rings. The second-order valence-electron chi connectivity index (χ2n) is 3.47. The summed E-state index contributed by atoms with van der Waals surface area (Å²) in [6.07, 6.45) is -3.25. The summed E-state index contributed by atoms with van der Waals surface area (Å²) in [7, 11) is 0. The van der Waals surface area contributed by atoms with E-state index in [9.17, 15) is 13.2 Å². The standard InChI is InChI=1S/C9H9F3N4/c1-5(13)6-3-2-4-16-7(6)14-15-8(16)9(10,11)12/h2-5H,13H2,1H3. The largest absolute Gasteiger partial charge is 0.452 e. The third-order valence-electron chi connectivity index (χ3n) is 2.21. The molecule has 0 saturated carbocycles. The Morgan fingerprint density at radius 2 is 2.06 bits per heavy atom. The fraction of sp³-hybridized carbons (Fsp3) is 0.333. The molecule has 7 heteroatoms. The fourth-order valence-electron chi connectivity index (χ4n) is 1.49. The molecule has 2 N–H and O–H groups in total. The number of aromatic nitrogens is 3. The van der Waals surface area contributed by atoms with Gasteiger partial charge < -0.3 is 5.73 Å². The monoisotopic (exact) mass is 230 g/mol. The van der Waals surface area contributed by atoms with Crippen molar-refractivity contribution >= 4 is 5.65 Å². The van der Waals surface area contributed by atoms with Gasteiger partial charge in [-0.3, -0.25) is 4.40 Å². The van der Waals surface area contributed by atoms with Crippen LogP contribution in [-0.2, 0) is 6.18 Å². The molecule has 0 bridgehead atoms. The van der Waals surface area contributed by atoms with E-state index in [4.69, 9.17) is 5.73 Å². The van der Waals surface area contributed by atoms with Gasteiger partial charge in [0.2, 0.25) is 5.82 Å². The van der Waals surface area contributed by atoms with Gasteiger partial charge >= 0.3 is 6.18 Å². The topological polar surface area (TPSA) is 56.2 Å². The van der Waals surface area contributed by atoms with E-state index in [2.05, 4.69) is 10.2 Å². The minimum Gasteiger partial charge on any atom is -0.324 e. The molecule has 86 valence electrons. The van der Waals surface area contributed by atoms with Gasteiger partial charge in [-0.2, -0.15) is 13.2 Å². The van der Waals surface area contributed by atoms with Gasteiger partial charge in [-0.05, 0) is 13.0 Å². The van der Waals surface area contributed by atoms with Gasteiger partial charge in [0, 0.05) is 17.8 Å². The lowest BCUT2D eigenvalue weighted by Crippen LogP contribution is -2.12. The predicted molar refractivity (Wildman–Crippen MR) is 50.6 cm³/mol. The van der Waals surface area contributed by atoms with Crippen LogP contribution in [0.25, 0.3) is 5.65 Å². The molecule has 0 fully saturated rings. The maximum atomic E-state index is 12.5. The van der Waals surface area contributed by atoms with Crippen LogP contribution in [0.5, 0.6) is 0 Å². The molecule has 0 radical (unpaired) electrons. The molecule has 0 aliphatic carbocycles.